The predicted octanol–water partition coefficient (Wildman–Crippen LogP) is -0.00420. The summed E-state index contributed by atoms with van der Waals surface area (Å²) >= 11 is 0. The molecule has 0 atom stereocenters. The molecule has 0 spiro atoms. The number of hydrogen-bond donors (Lipinski definition) is 1. The largest absolute Gasteiger partial charge is 0.466 e. The molecule has 1 rings (SSSR count). The molecule has 1 aliphatic rings. The zero-order valence-corrected chi connectivity index (χ0v) is 6.92. The van der Waals surface area contributed by atoms with Crippen molar-refractivity contribution in [1.82, 2.24) is 5.32 Å². The minimum absolute atomic E-state index is 0.0159. The second-order valence-corrected chi connectivity index (χ2v) is 2.54. The van der Waals surface area contributed by atoms with E-state index in [1.165, 1.54) is 6.92 Å². The molecule has 0 radical (unpaired) electrons. The third-order valence-corrected chi connectivity index (χ3v) is 1.54. The molecule has 1 N–H and O–H groups in total. The minimum Gasteiger partial charge on any atom is -0.466 e. The van der Waals surface area contributed by atoms with Crippen LogP contribution in [0.5, 0.6) is 0 Å². The highest BCUT2D eigenvalue weighted by Gasteiger charge is 2.17. The smallest absolute Gasteiger partial charge is 0.302 e. The van der Waals surface area contributed by atoms with Crippen LogP contribution in [0.25, 0.3) is 0 Å². The van der Waals surface area contributed by atoms with Gasteiger partial charge in [0.1, 0.15) is 0 Å². The maximum atomic E-state index is 10.7. The molecular formula is C8H11NO3. The van der Waals surface area contributed by atoms with Crippen molar-refractivity contribution in [2.45, 2.75) is 13.3 Å². The van der Waals surface area contributed by atoms with Crippen LogP contribution in [0.1, 0.15) is 13.3 Å². The fraction of sp³-hybridized carbons (Fsp3) is 0.500. The Balaban J connectivity index is 2.13. The van der Waals surface area contributed by atoms with Gasteiger partial charge < -0.3 is 10.1 Å². The van der Waals surface area contributed by atoms with Crippen LogP contribution in [0.2, 0.25) is 0 Å². The molecule has 12 heavy (non-hydrogen) atoms. The Bertz CT molecular complexity index is 232. The van der Waals surface area contributed by atoms with Gasteiger partial charge in [-0.15, -0.1) is 0 Å². The number of rotatable bonds is 3. The molecule has 0 aliphatic carbocycles. The summed E-state index contributed by atoms with van der Waals surface area (Å²) in [5, 5.41) is 2.59. The molecule has 1 aliphatic heterocycles. The molecule has 1 amide bonds. The van der Waals surface area contributed by atoms with Gasteiger partial charge in [-0.05, 0) is 0 Å². The Labute approximate surface area is 70.6 Å². The van der Waals surface area contributed by atoms with Crippen molar-refractivity contribution in [2.24, 2.45) is 0 Å². The molecule has 0 aromatic carbocycles. The van der Waals surface area contributed by atoms with Gasteiger partial charge in [0.15, 0.2) is 0 Å². The summed E-state index contributed by atoms with van der Waals surface area (Å²) in [6.07, 6.45) is 2.41. The molecule has 4 nitrogen and oxygen atoms in total. The number of carbonyl (C=O) groups is 2. The van der Waals surface area contributed by atoms with E-state index >= 15 is 0 Å². The number of amides is 1. The van der Waals surface area contributed by atoms with E-state index in [4.69, 9.17) is 0 Å². The number of hydrogen-bond acceptors (Lipinski definition) is 3. The first kappa shape index (κ1) is 8.77. The van der Waals surface area contributed by atoms with Gasteiger partial charge in [0, 0.05) is 25.5 Å². The standard InChI is InChI=1S/C8H11NO3/c1-6(10)12-4-2-3-7-5-9-8(7)11/h3H,2,4-5H2,1H3,(H,9,11)/b7-3+. The topological polar surface area (TPSA) is 55.4 Å². The zero-order valence-electron chi connectivity index (χ0n) is 6.92. The molecular weight excluding hydrogens is 158 g/mol. The predicted molar refractivity (Wildman–Crippen MR) is 42.3 cm³/mol. The van der Waals surface area contributed by atoms with Crippen LogP contribution in [0.15, 0.2) is 11.6 Å². The van der Waals surface area contributed by atoms with E-state index in [1.54, 1.807) is 6.08 Å². The number of ether oxygens (including phenoxy) is 1. The first-order chi connectivity index (χ1) is 5.70. The van der Waals surface area contributed by atoms with Crippen molar-refractivity contribution in [2.75, 3.05) is 13.2 Å². The van der Waals surface area contributed by atoms with Crippen LogP contribution in [0.3, 0.4) is 0 Å². The third-order valence-electron chi connectivity index (χ3n) is 1.54. The van der Waals surface area contributed by atoms with Crippen molar-refractivity contribution in [3.8, 4) is 0 Å². The van der Waals surface area contributed by atoms with Crippen LogP contribution in [-0.2, 0) is 14.3 Å². The SMILES string of the molecule is CC(=O)OCC/C=C1\CNC1=O. The molecule has 1 heterocycles. The number of carbonyl (C=O) groups excluding carboxylic acids is 2. The summed E-state index contributed by atoms with van der Waals surface area (Å²) in [6, 6.07) is 0. The van der Waals surface area contributed by atoms with E-state index in [1.807, 2.05) is 0 Å². The lowest BCUT2D eigenvalue weighted by Gasteiger charge is -2.17. The molecule has 0 aromatic heterocycles. The van der Waals surface area contributed by atoms with Gasteiger partial charge in [0.25, 0.3) is 0 Å². The quantitative estimate of drug-likeness (QED) is 0.280. The van der Waals surface area contributed by atoms with E-state index in [2.05, 4.69) is 10.1 Å². The van der Waals surface area contributed by atoms with Gasteiger partial charge in [-0.25, -0.2) is 0 Å². The van der Waals surface area contributed by atoms with Crippen molar-refractivity contribution in [3.63, 3.8) is 0 Å². The average Bonchev–Trinajstić information content (AvgIpc) is 2.01. The van der Waals surface area contributed by atoms with Crippen LogP contribution in [0.4, 0.5) is 0 Å². The van der Waals surface area contributed by atoms with Gasteiger partial charge in [-0.3, -0.25) is 9.59 Å². The first-order valence-corrected chi connectivity index (χ1v) is 3.81. The summed E-state index contributed by atoms with van der Waals surface area (Å²) in [5.74, 6) is -0.302. The summed E-state index contributed by atoms with van der Waals surface area (Å²) in [6.45, 7) is 2.36. The average molecular weight is 169 g/mol. The number of esters is 1. The van der Waals surface area contributed by atoms with E-state index < -0.39 is 0 Å². The van der Waals surface area contributed by atoms with Gasteiger partial charge in [0.2, 0.25) is 5.91 Å². The summed E-state index contributed by atoms with van der Waals surface area (Å²) in [7, 11) is 0. The number of nitrogens with one attached hydrogen (secondary N) is 1. The van der Waals surface area contributed by atoms with Crippen molar-refractivity contribution < 1.29 is 14.3 Å². The maximum Gasteiger partial charge on any atom is 0.302 e. The van der Waals surface area contributed by atoms with E-state index in [9.17, 15) is 9.59 Å². The highest BCUT2D eigenvalue weighted by atomic mass is 16.5. The molecule has 0 unspecified atom stereocenters. The molecule has 1 fully saturated rings. The summed E-state index contributed by atoms with van der Waals surface area (Å²) < 4.78 is 4.68. The normalized spacial score (nSPS) is 18.4. The van der Waals surface area contributed by atoms with Crippen LogP contribution in [-0.4, -0.2) is 25.0 Å². The Morgan fingerprint density at radius 1 is 1.75 bits per heavy atom. The van der Waals surface area contributed by atoms with Gasteiger partial charge in [0.05, 0.1) is 6.61 Å². The second kappa shape index (κ2) is 3.90. The Kier molecular flexibility index (Phi) is 2.85. The van der Waals surface area contributed by atoms with Crippen LogP contribution in [0, 0.1) is 0 Å². The van der Waals surface area contributed by atoms with Crippen molar-refractivity contribution in [1.29, 1.82) is 0 Å². The zero-order chi connectivity index (χ0) is 8.97. The molecule has 0 aromatic rings. The van der Waals surface area contributed by atoms with Crippen molar-refractivity contribution >= 4 is 11.9 Å². The minimum atomic E-state index is -0.286. The highest BCUT2D eigenvalue weighted by Crippen LogP contribution is 2.03. The highest BCUT2D eigenvalue weighted by molar-refractivity contribution is 6.00. The van der Waals surface area contributed by atoms with Crippen LogP contribution >= 0.6 is 0 Å². The molecule has 0 bridgehead atoms. The molecule has 0 saturated carbocycles. The Hall–Kier alpha value is -1.32. The Morgan fingerprint density at radius 3 is 2.92 bits per heavy atom. The van der Waals surface area contributed by atoms with Gasteiger partial charge in [-0.2, -0.15) is 0 Å². The first-order valence-electron chi connectivity index (χ1n) is 3.81. The van der Waals surface area contributed by atoms with E-state index in [0.717, 1.165) is 5.57 Å². The fourth-order valence-electron chi connectivity index (χ4n) is 0.863. The lowest BCUT2D eigenvalue weighted by Crippen LogP contribution is -2.40. The van der Waals surface area contributed by atoms with Crippen LogP contribution < -0.4 is 5.32 Å². The molecule has 1 saturated heterocycles. The number of β-lactam (4-membered cyclic amide) rings is 1. The monoisotopic (exact) mass is 169 g/mol. The summed E-state index contributed by atoms with van der Waals surface area (Å²) in [4.78, 5) is 21.0. The lowest BCUT2D eigenvalue weighted by molar-refractivity contribution is -0.140. The van der Waals surface area contributed by atoms with Gasteiger partial charge in [-0.1, -0.05) is 6.08 Å². The van der Waals surface area contributed by atoms with Gasteiger partial charge >= 0.3 is 5.97 Å². The van der Waals surface area contributed by atoms with E-state index in [-0.39, 0.29) is 11.9 Å². The van der Waals surface area contributed by atoms with E-state index in [0.29, 0.717) is 19.6 Å². The van der Waals surface area contributed by atoms with Crippen molar-refractivity contribution in [3.05, 3.63) is 11.6 Å². The third kappa shape index (κ3) is 2.38. The Morgan fingerprint density at radius 2 is 2.50 bits per heavy atom. The second-order valence-electron chi connectivity index (χ2n) is 2.54. The summed E-state index contributed by atoms with van der Waals surface area (Å²) in [5.41, 5.74) is 0.780. The fourth-order valence-corrected chi connectivity index (χ4v) is 0.863. The maximum absolute atomic E-state index is 10.7. The molecule has 66 valence electrons. The lowest BCUT2D eigenvalue weighted by atomic mass is 10.1. The molecule has 4 heteroatoms.